The number of rotatable bonds is 5. The molecule has 2 heterocycles. The smallest absolute Gasteiger partial charge is 0.358 e. The number of aromatic nitrogens is 2. The number of fused-ring (bicyclic) bond motifs is 1. The predicted octanol–water partition coefficient (Wildman–Crippen LogP) is 3.07. The van der Waals surface area contributed by atoms with Gasteiger partial charge in [0.25, 0.3) is 5.91 Å². The molecule has 4 saturated carbocycles. The lowest BCUT2D eigenvalue weighted by molar-refractivity contribution is 0.0520. The predicted molar refractivity (Wildman–Crippen MR) is 99.5 cm³/mol. The van der Waals surface area contributed by atoms with Crippen LogP contribution >= 0.6 is 0 Å². The number of carbonyl (C=O) groups excluding carboxylic acids is 2. The van der Waals surface area contributed by atoms with E-state index in [4.69, 9.17) is 4.74 Å². The van der Waals surface area contributed by atoms with E-state index < -0.39 is 5.97 Å². The maximum atomic E-state index is 12.9. The van der Waals surface area contributed by atoms with Gasteiger partial charge in [-0.05, 0) is 74.3 Å². The molecule has 4 aliphatic rings. The van der Waals surface area contributed by atoms with Crippen LogP contribution in [0.5, 0.6) is 0 Å². The minimum atomic E-state index is -0.467. The molecule has 0 spiro atoms. The van der Waals surface area contributed by atoms with Gasteiger partial charge < -0.3 is 10.1 Å². The normalized spacial score (nSPS) is 30.8. The zero-order valence-corrected chi connectivity index (χ0v) is 15.6. The molecule has 1 N–H and O–H groups in total. The van der Waals surface area contributed by atoms with Crippen LogP contribution in [0.15, 0.2) is 24.4 Å². The summed E-state index contributed by atoms with van der Waals surface area (Å²) >= 11 is 0. The van der Waals surface area contributed by atoms with Crippen molar-refractivity contribution in [3.05, 3.63) is 35.8 Å². The third kappa shape index (κ3) is 2.65. The van der Waals surface area contributed by atoms with Crippen LogP contribution < -0.4 is 5.32 Å². The molecule has 2 unspecified atom stereocenters. The number of pyridine rings is 1. The van der Waals surface area contributed by atoms with E-state index in [9.17, 15) is 9.59 Å². The summed E-state index contributed by atoms with van der Waals surface area (Å²) in [6, 6.07) is 5.36. The van der Waals surface area contributed by atoms with E-state index in [0.29, 0.717) is 23.4 Å². The van der Waals surface area contributed by atoms with Gasteiger partial charge >= 0.3 is 5.97 Å². The number of ether oxygens (including phenoxy) is 1. The lowest BCUT2D eigenvalue weighted by Crippen LogP contribution is -2.39. The Balaban J connectivity index is 1.36. The van der Waals surface area contributed by atoms with Crippen molar-refractivity contribution in [1.29, 1.82) is 0 Å². The molecular formula is C21H25N3O3. The lowest BCUT2D eigenvalue weighted by Gasteiger charge is -2.33. The standard InChI is InChI=1S/C21H25N3O3/c1-2-27-20(26)16-11-24-17(4-3-5-18(24)23-16)19(25)22-12-21-9-13-6-14(10-21)8-15(21)7-13/h3-5,11,13-15H,2,6-10,12H2,1H3,(H,22,25). The minimum Gasteiger partial charge on any atom is -0.461 e. The Hall–Kier alpha value is -2.37. The summed E-state index contributed by atoms with van der Waals surface area (Å²) in [6.07, 6.45) is 8.24. The van der Waals surface area contributed by atoms with Gasteiger partial charge in [0.15, 0.2) is 5.69 Å². The van der Waals surface area contributed by atoms with Crippen LogP contribution in [0.3, 0.4) is 0 Å². The molecule has 4 fully saturated rings. The first-order chi connectivity index (χ1) is 13.1. The monoisotopic (exact) mass is 367 g/mol. The van der Waals surface area contributed by atoms with Gasteiger partial charge in [-0.25, -0.2) is 9.78 Å². The molecule has 0 saturated heterocycles. The summed E-state index contributed by atoms with van der Waals surface area (Å²) in [7, 11) is 0. The average molecular weight is 367 g/mol. The molecule has 6 nitrogen and oxygen atoms in total. The van der Waals surface area contributed by atoms with Gasteiger partial charge in [0.05, 0.1) is 6.61 Å². The van der Waals surface area contributed by atoms with E-state index in [1.54, 1.807) is 35.7 Å². The number of carbonyl (C=O) groups is 2. The van der Waals surface area contributed by atoms with Crippen LogP contribution in [0.4, 0.5) is 0 Å². The number of nitrogens with one attached hydrogen (secondary N) is 1. The fourth-order valence-electron chi connectivity index (χ4n) is 6.10. The van der Waals surface area contributed by atoms with E-state index in [1.165, 1.54) is 32.1 Å². The second-order valence-corrected chi connectivity index (χ2v) is 8.58. The van der Waals surface area contributed by atoms with Gasteiger partial charge in [0.2, 0.25) is 0 Å². The van der Waals surface area contributed by atoms with Gasteiger partial charge in [-0.2, -0.15) is 0 Å². The summed E-state index contributed by atoms with van der Waals surface area (Å²) in [6.45, 7) is 2.82. The SMILES string of the molecule is CCOC(=O)c1cn2c(C(=O)NCC34CC5CC(CC3C5)C4)cccc2n1. The molecule has 0 aliphatic heterocycles. The average Bonchev–Trinajstić information content (AvgIpc) is 3.26. The first-order valence-corrected chi connectivity index (χ1v) is 10.0. The third-order valence-corrected chi connectivity index (χ3v) is 6.97. The Kier molecular flexibility index (Phi) is 3.78. The minimum absolute atomic E-state index is 0.103. The zero-order chi connectivity index (χ0) is 18.6. The molecule has 6 heteroatoms. The highest BCUT2D eigenvalue weighted by molar-refractivity contribution is 5.94. The largest absolute Gasteiger partial charge is 0.461 e. The van der Waals surface area contributed by atoms with Crippen molar-refractivity contribution < 1.29 is 14.3 Å². The summed E-state index contributed by atoms with van der Waals surface area (Å²) < 4.78 is 6.70. The van der Waals surface area contributed by atoms with Crippen molar-refractivity contribution in [3.63, 3.8) is 0 Å². The Bertz CT molecular complexity index is 905. The van der Waals surface area contributed by atoms with Gasteiger partial charge in [0, 0.05) is 12.7 Å². The van der Waals surface area contributed by atoms with Crippen LogP contribution in [0.2, 0.25) is 0 Å². The van der Waals surface area contributed by atoms with Crippen molar-refractivity contribution in [3.8, 4) is 0 Å². The highest BCUT2D eigenvalue weighted by atomic mass is 16.5. The number of imidazole rings is 1. The highest BCUT2D eigenvalue weighted by Gasteiger charge is 2.57. The van der Waals surface area contributed by atoms with Gasteiger partial charge in [0.1, 0.15) is 11.3 Å². The third-order valence-electron chi connectivity index (χ3n) is 6.97. The summed E-state index contributed by atoms with van der Waals surface area (Å²) in [4.78, 5) is 29.2. The van der Waals surface area contributed by atoms with E-state index in [2.05, 4.69) is 10.3 Å². The molecule has 2 aromatic heterocycles. The molecule has 4 bridgehead atoms. The molecule has 0 radical (unpaired) electrons. The highest BCUT2D eigenvalue weighted by Crippen LogP contribution is 2.65. The van der Waals surface area contributed by atoms with Gasteiger partial charge in [-0.1, -0.05) is 6.07 Å². The Morgan fingerprint density at radius 2 is 2.04 bits per heavy atom. The number of hydrogen-bond acceptors (Lipinski definition) is 4. The van der Waals surface area contributed by atoms with Gasteiger partial charge in [-0.15, -0.1) is 0 Å². The summed E-state index contributed by atoms with van der Waals surface area (Å²) in [5, 5.41) is 3.20. The Morgan fingerprint density at radius 1 is 1.26 bits per heavy atom. The molecule has 2 atom stereocenters. The number of nitrogens with zero attached hydrogens (tertiary/aromatic N) is 2. The second kappa shape index (κ2) is 6.08. The topological polar surface area (TPSA) is 72.7 Å². The van der Waals surface area contributed by atoms with Crippen molar-refractivity contribution >= 4 is 17.5 Å². The van der Waals surface area contributed by atoms with Crippen molar-refractivity contribution in [1.82, 2.24) is 14.7 Å². The van der Waals surface area contributed by atoms with Crippen molar-refractivity contribution in [2.45, 2.75) is 39.0 Å². The van der Waals surface area contributed by atoms with E-state index in [0.717, 1.165) is 24.3 Å². The Labute approximate surface area is 158 Å². The van der Waals surface area contributed by atoms with Gasteiger partial charge in [-0.3, -0.25) is 9.20 Å². The lowest BCUT2D eigenvalue weighted by atomic mass is 9.75. The van der Waals surface area contributed by atoms with Crippen LogP contribution in [-0.4, -0.2) is 34.4 Å². The van der Waals surface area contributed by atoms with E-state index >= 15 is 0 Å². The number of hydrogen-bond donors (Lipinski definition) is 1. The zero-order valence-electron chi connectivity index (χ0n) is 15.6. The van der Waals surface area contributed by atoms with Crippen LogP contribution in [0.1, 0.15) is 60.0 Å². The molecule has 1 amide bonds. The molecule has 2 aromatic rings. The van der Waals surface area contributed by atoms with Crippen LogP contribution in [-0.2, 0) is 4.74 Å². The summed E-state index contributed by atoms with van der Waals surface area (Å²) in [5.74, 6) is 1.98. The fraction of sp³-hybridized carbons (Fsp3) is 0.571. The first-order valence-electron chi connectivity index (χ1n) is 10.0. The Morgan fingerprint density at radius 3 is 2.78 bits per heavy atom. The number of amides is 1. The van der Waals surface area contributed by atoms with Crippen molar-refractivity contribution in [2.24, 2.45) is 23.2 Å². The second-order valence-electron chi connectivity index (χ2n) is 8.58. The number of esters is 1. The quantitative estimate of drug-likeness (QED) is 0.825. The molecular weight excluding hydrogens is 342 g/mol. The molecule has 6 rings (SSSR count). The fourth-order valence-corrected chi connectivity index (χ4v) is 6.10. The molecule has 27 heavy (non-hydrogen) atoms. The van der Waals surface area contributed by atoms with Crippen LogP contribution in [0.25, 0.3) is 5.65 Å². The van der Waals surface area contributed by atoms with E-state index in [-0.39, 0.29) is 11.6 Å². The van der Waals surface area contributed by atoms with E-state index in [1.807, 2.05) is 0 Å². The molecule has 0 aromatic carbocycles. The summed E-state index contributed by atoms with van der Waals surface area (Å²) in [5.41, 5.74) is 1.62. The maximum absolute atomic E-state index is 12.9. The maximum Gasteiger partial charge on any atom is 0.358 e. The van der Waals surface area contributed by atoms with Crippen LogP contribution in [0, 0.1) is 23.2 Å². The molecule has 4 aliphatic carbocycles. The first kappa shape index (κ1) is 16.8. The van der Waals surface area contributed by atoms with Crippen molar-refractivity contribution in [2.75, 3.05) is 13.2 Å². The molecule has 142 valence electrons.